The van der Waals surface area contributed by atoms with E-state index in [2.05, 4.69) is 0 Å². The molecule has 0 radical (unpaired) electrons. The van der Waals surface area contributed by atoms with Crippen molar-refractivity contribution >= 4 is 11.0 Å². The Kier molecular flexibility index (Phi) is 3.66. The number of rotatable bonds is 3. The molecule has 2 aromatic carbocycles. The lowest BCUT2D eigenvalue weighted by molar-refractivity contribution is 0.105. The molecule has 0 saturated carbocycles. The van der Waals surface area contributed by atoms with Gasteiger partial charge in [-0.2, -0.15) is 0 Å². The van der Waals surface area contributed by atoms with Crippen LogP contribution in [-0.4, -0.2) is 23.4 Å². The van der Waals surface area contributed by atoms with Crippen LogP contribution in [0.2, 0.25) is 0 Å². The van der Waals surface area contributed by atoms with Gasteiger partial charge in [0.1, 0.15) is 35.0 Å². The molecule has 0 unspecified atom stereocenters. The third kappa shape index (κ3) is 2.59. The molecule has 0 atom stereocenters. The molecule has 4 rings (SSSR count). The number of ether oxygens (including phenoxy) is 2. The fourth-order valence-corrected chi connectivity index (χ4v) is 3.31. The zero-order valence-electron chi connectivity index (χ0n) is 14.4. The highest BCUT2D eigenvalue weighted by molar-refractivity contribution is 5.92. The van der Waals surface area contributed by atoms with Crippen molar-refractivity contribution in [3.8, 4) is 28.4 Å². The Labute approximate surface area is 149 Å². The summed E-state index contributed by atoms with van der Waals surface area (Å²) < 4.78 is 16.8. The van der Waals surface area contributed by atoms with Gasteiger partial charge in [0.15, 0.2) is 0 Å². The molecule has 2 heterocycles. The molecular weight excluding hydrogens is 336 g/mol. The van der Waals surface area contributed by atoms with Crippen LogP contribution in [0.25, 0.3) is 22.1 Å². The zero-order valence-corrected chi connectivity index (χ0v) is 14.4. The van der Waals surface area contributed by atoms with Crippen LogP contribution >= 0.6 is 0 Å². The summed E-state index contributed by atoms with van der Waals surface area (Å²) in [6.45, 7) is 4.03. The van der Waals surface area contributed by atoms with Gasteiger partial charge in [-0.05, 0) is 37.6 Å². The van der Waals surface area contributed by atoms with Crippen molar-refractivity contribution in [3.63, 3.8) is 0 Å². The first-order valence-corrected chi connectivity index (χ1v) is 8.27. The van der Waals surface area contributed by atoms with Crippen molar-refractivity contribution < 1.29 is 24.1 Å². The molecular formula is C20H18O6. The normalized spacial score (nSPS) is 14.4. The monoisotopic (exact) mass is 354 g/mol. The van der Waals surface area contributed by atoms with E-state index in [1.807, 2.05) is 32.0 Å². The average molecular weight is 354 g/mol. The Balaban J connectivity index is 1.94. The summed E-state index contributed by atoms with van der Waals surface area (Å²) in [4.78, 5) is 11.5. The number of fused-ring (bicyclic) bond motifs is 4. The van der Waals surface area contributed by atoms with Crippen LogP contribution < -0.4 is 15.1 Å². The smallest absolute Gasteiger partial charge is 0.339 e. The van der Waals surface area contributed by atoms with E-state index >= 15 is 0 Å². The Bertz CT molecular complexity index is 1060. The fraction of sp³-hybridized carbons (Fsp3) is 0.250. The summed E-state index contributed by atoms with van der Waals surface area (Å²) in [6, 6.07) is 10.1. The highest BCUT2D eigenvalue weighted by Gasteiger charge is 2.33. The van der Waals surface area contributed by atoms with Crippen molar-refractivity contribution in [1.82, 2.24) is 0 Å². The molecule has 26 heavy (non-hydrogen) atoms. The molecule has 0 spiro atoms. The zero-order chi connectivity index (χ0) is 18.5. The molecule has 1 aliphatic rings. The molecule has 6 nitrogen and oxygen atoms in total. The van der Waals surface area contributed by atoms with Gasteiger partial charge >= 0.3 is 5.63 Å². The van der Waals surface area contributed by atoms with Gasteiger partial charge in [0, 0.05) is 17.2 Å². The van der Waals surface area contributed by atoms with Gasteiger partial charge in [-0.15, -0.1) is 0 Å². The SMILES string of the molecule is CC1(C)Oc2cc3oc(=O)cc(O)c3cc2-c2ccc(OCCO)cc21. The highest BCUT2D eigenvalue weighted by Crippen LogP contribution is 2.48. The van der Waals surface area contributed by atoms with Gasteiger partial charge < -0.3 is 24.1 Å². The van der Waals surface area contributed by atoms with Gasteiger partial charge in [0.2, 0.25) is 0 Å². The van der Waals surface area contributed by atoms with Gasteiger partial charge in [-0.1, -0.05) is 6.07 Å². The minimum Gasteiger partial charge on any atom is -0.507 e. The largest absolute Gasteiger partial charge is 0.507 e. The van der Waals surface area contributed by atoms with E-state index < -0.39 is 11.2 Å². The molecule has 1 aliphatic heterocycles. The first-order valence-electron chi connectivity index (χ1n) is 8.27. The Morgan fingerprint density at radius 3 is 2.69 bits per heavy atom. The fourth-order valence-electron chi connectivity index (χ4n) is 3.31. The maximum absolute atomic E-state index is 11.5. The lowest BCUT2D eigenvalue weighted by Crippen LogP contribution is -2.29. The van der Waals surface area contributed by atoms with Crippen LogP contribution in [0.15, 0.2) is 45.6 Å². The Hall–Kier alpha value is -2.99. The minimum absolute atomic E-state index is 0.0592. The number of benzene rings is 2. The summed E-state index contributed by atoms with van der Waals surface area (Å²) in [5.74, 6) is 1.09. The van der Waals surface area contributed by atoms with Gasteiger partial charge in [0.05, 0.1) is 18.1 Å². The van der Waals surface area contributed by atoms with Crippen LogP contribution in [0.1, 0.15) is 19.4 Å². The summed E-state index contributed by atoms with van der Waals surface area (Å²) in [5.41, 5.74) is 1.69. The summed E-state index contributed by atoms with van der Waals surface area (Å²) >= 11 is 0. The summed E-state index contributed by atoms with van der Waals surface area (Å²) in [5, 5.41) is 19.5. The van der Waals surface area contributed by atoms with Crippen molar-refractivity contribution in [2.75, 3.05) is 13.2 Å². The van der Waals surface area contributed by atoms with E-state index in [1.165, 1.54) is 0 Å². The topological polar surface area (TPSA) is 89.1 Å². The lowest BCUT2D eigenvalue weighted by atomic mass is 9.85. The summed E-state index contributed by atoms with van der Waals surface area (Å²) in [7, 11) is 0. The maximum Gasteiger partial charge on any atom is 0.339 e. The molecule has 134 valence electrons. The van der Waals surface area contributed by atoms with Crippen LogP contribution in [0, 0.1) is 0 Å². The lowest BCUT2D eigenvalue weighted by Gasteiger charge is -2.35. The van der Waals surface area contributed by atoms with Gasteiger partial charge in [-0.3, -0.25) is 0 Å². The second-order valence-corrected chi connectivity index (χ2v) is 6.69. The van der Waals surface area contributed by atoms with Crippen molar-refractivity contribution in [3.05, 3.63) is 52.4 Å². The van der Waals surface area contributed by atoms with Crippen molar-refractivity contribution in [1.29, 1.82) is 0 Å². The first-order chi connectivity index (χ1) is 12.4. The van der Waals surface area contributed by atoms with E-state index in [9.17, 15) is 9.90 Å². The number of aliphatic hydroxyl groups excluding tert-OH is 1. The van der Waals surface area contributed by atoms with E-state index in [0.29, 0.717) is 16.9 Å². The predicted octanol–water partition coefficient (Wildman–Crippen LogP) is 3.16. The van der Waals surface area contributed by atoms with E-state index in [0.717, 1.165) is 22.8 Å². The van der Waals surface area contributed by atoms with Crippen LogP contribution in [0.4, 0.5) is 0 Å². The number of hydrogen-bond acceptors (Lipinski definition) is 6. The molecule has 0 saturated heterocycles. The quantitative estimate of drug-likeness (QED) is 0.702. The maximum atomic E-state index is 11.5. The van der Waals surface area contributed by atoms with Gasteiger partial charge in [0.25, 0.3) is 0 Å². The van der Waals surface area contributed by atoms with Gasteiger partial charge in [-0.25, -0.2) is 4.79 Å². The van der Waals surface area contributed by atoms with Crippen LogP contribution in [0.3, 0.4) is 0 Å². The standard InChI is InChI=1S/C20H18O6/c1-20(2)15-7-11(24-6-5-21)3-4-12(15)13-8-14-16(22)9-19(23)25-17(14)10-18(13)26-20/h3-4,7-10,21-22H,5-6H2,1-2H3. The van der Waals surface area contributed by atoms with E-state index in [4.69, 9.17) is 19.0 Å². The second-order valence-electron chi connectivity index (χ2n) is 6.69. The Morgan fingerprint density at radius 1 is 1.12 bits per heavy atom. The van der Waals surface area contributed by atoms with E-state index in [1.54, 1.807) is 12.1 Å². The summed E-state index contributed by atoms with van der Waals surface area (Å²) in [6.07, 6.45) is 0. The molecule has 0 aliphatic carbocycles. The van der Waals surface area contributed by atoms with Crippen LogP contribution in [-0.2, 0) is 5.60 Å². The third-order valence-corrected chi connectivity index (χ3v) is 4.48. The minimum atomic E-state index is -0.633. The number of aromatic hydroxyl groups is 1. The molecule has 0 bridgehead atoms. The average Bonchev–Trinajstić information content (AvgIpc) is 2.58. The van der Waals surface area contributed by atoms with Crippen molar-refractivity contribution in [2.24, 2.45) is 0 Å². The molecule has 6 heteroatoms. The third-order valence-electron chi connectivity index (χ3n) is 4.48. The number of hydrogen-bond donors (Lipinski definition) is 2. The Morgan fingerprint density at radius 2 is 1.92 bits per heavy atom. The molecule has 1 aromatic heterocycles. The highest BCUT2D eigenvalue weighted by atomic mass is 16.5. The molecule has 3 aromatic rings. The molecule has 0 amide bonds. The number of aliphatic hydroxyl groups is 1. The molecule has 2 N–H and O–H groups in total. The van der Waals surface area contributed by atoms with Crippen molar-refractivity contribution in [2.45, 2.75) is 19.4 Å². The van der Waals surface area contributed by atoms with E-state index in [-0.39, 0.29) is 24.5 Å². The van der Waals surface area contributed by atoms with Crippen LogP contribution in [0.5, 0.6) is 17.2 Å². The molecule has 0 fully saturated rings. The predicted molar refractivity (Wildman–Crippen MR) is 95.8 cm³/mol. The first kappa shape index (κ1) is 16.5. The second kappa shape index (κ2) is 5.78.